The van der Waals surface area contributed by atoms with Gasteiger partial charge in [-0.1, -0.05) is 22.0 Å². The third-order valence-electron chi connectivity index (χ3n) is 2.45. The standard InChI is InChI=1S/C12H14BrN5/c1-7-3-4-9(13)6-10(7)16-11-5-8(2)15-12(17-11)18-14/h3-6H,14H2,1-2H3,(H2,15,16,17,18). The van der Waals surface area contributed by atoms with Gasteiger partial charge < -0.3 is 5.32 Å². The van der Waals surface area contributed by atoms with E-state index in [0.717, 1.165) is 21.4 Å². The van der Waals surface area contributed by atoms with Crippen LogP contribution in [0.1, 0.15) is 11.3 Å². The Kier molecular flexibility index (Phi) is 3.78. The number of aromatic nitrogens is 2. The molecule has 0 saturated heterocycles. The van der Waals surface area contributed by atoms with Gasteiger partial charge in [0.25, 0.3) is 0 Å². The fourth-order valence-electron chi connectivity index (χ4n) is 1.56. The van der Waals surface area contributed by atoms with Gasteiger partial charge in [-0.25, -0.2) is 10.8 Å². The molecule has 0 aliphatic carbocycles. The molecular weight excluding hydrogens is 294 g/mol. The summed E-state index contributed by atoms with van der Waals surface area (Å²) < 4.78 is 1.01. The van der Waals surface area contributed by atoms with Gasteiger partial charge in [-0.3, -0.25) is 5.43 Å². The van der Waals surface area contributed by atoms with Crippen LogP contribution in [0.2, 0.25) is 0 Å². The summed E-state index contributed by atoms with van der Waals surface area (Å²) in [5.74, 6) is 6.42. The molecule has 0 fully saturated rings. The minimum absolute atomic E-state index is 0.394. The lowest BCUT2D eigenvalue weighted by Gasteiger charge is -2.10. The second-order valence-electron chi connectivity index (χ2n) is 3.95. The van der Waals surface area contributed by atoms with Gasteiger partial charge in [0.05, 0.1) is 0 Å². The van der Waals surface area contributed by atoms with E-state index in [1.165, 1.54) is 0 Å². The largest absolute Gasteiger partial charge is 0.340 e. The van der Waals surface area contributed by atoms with Crippen LogP contribution in [0, 0.1) is 13.8 Å². The zero-order valence-electron chi connectivity index (χ0n) is 10.2. The Morgan fingerprint density at radius 1 is 1.17 bits per heavy atom. The minimum Gasteiger partial charge on any atom is -0.340 e. The summed E-state index contributed by atoms with van der Waals surface area (Å²) in [4.78, 5) is 8.38. The van der Waals surface area contributed by atoms with Crippen LogP contribution in [0.3, 0.4) is 0 Å². The zero-order chi connectivity index (χ0) is 13.1. The number of hydrazine groups is 1. The third kappa shape index (κ3) is 2.96. The summed E-state index contributed by atoms with van der Waals surface area (Å²) >= 11 is 3.45. The molecule has 2 rings (SSSR count). The molecule has 18 heavy (non-hydrogen) atoms. The number of halogens is 1. The summed E-state index contributed by atoms with van der Waals surface area (Å²) in [7, 11) is 0. The molecule has 4 N–H and O–H groups in total. The molecule has 94 valence electrons. The maximum absolute atomic E-state index is 5.32. The van der Waals surface area contributed by atoms with Gasteiger partial charge in [-0.2, -0.15) is 4.98 Å². The molecule has 6 heteroatoms. The van der Waals surface area contributed by atoms with Crippen molar-refractivity contribution >= 4 is 33.4 Å². The second-order valence-corrected chi connectivity index (χ2v) is 4.86. The lowest BCUT2D eigenvalue weighted by molar-refractivity contribution is 1.07. The van der Waals surface area contributed by atoms with Gasteiger partial charge in [-0.05, 0) is 31.5 Å². The number of nitrogens with one attached hydrogen (secondary N) is 2. The Balaban J connectivity index is 2.33. The Hall–Kier alpha value is -1.66. The predicted octanol–water partition coefficient (Wildman–Crippen LogP) is 2.89. The number of anilines is 3. The van der Waals surface area contributed by atoms with Crippen LogP contribution < -0.4 is 16.6 Å². The van der Waals surface area contributed by atoms with Crippen LogP contribution in [0.15, 0.2) is 28.7 Å². The summed E-state index contributed by atoms with van der Waals surface area (Å²) in [6.45, 7) is 3.92. The van der Waals surface area contributed by atoms with E-state index >= 15 is 0 Å². The van der Waals surface area contributed by atoms with Crippen molar-refractivity contribution in [1.82, 2.24) is 9.97 Å². The maximum atomic E-state index is 5.32. The van der Waals surface area contributed by atoms with Gasteiger partial charge in [0.1, 0.15) is 5.82 Å². The van der Waals surface area contributed by atoms with E-state index in [9.17, 15) is 0 Å². The quantitative estimate of drug-likeness (QED) is 0.600. The first kappa shape index (κ1) is 12.8. The molecule has 0 radical (unpaired) electrons. The molecule has 0 spiro atoms. The van der Waals surface area contributed by atoms with E-state index in [4.69, 9.17) is 5.84 Å². The lowest BCUT2D eigenvalue weighted by atomic mass is 10.2. The van der Waals surface area contributed by atoms with Crippen molar-refractivity contribution in [1.29, 1.82) is 0 Å². The van der Waals surface area contributed by atoms with Crippen LogP contribution in [-0.4, -0.2) is 9.97 Å². The van der Waals surface area contributed by atoms with E-state index in [1.54, 1.807) is 0 Å². The van der Waals surface area contributed by atoms with Crippen LogP contribution in [-0.2, 0) is 0 Å². The molecule has 1 aromatic heterocycles. The first-order valence-electron chi connectivity index (χ1n) is 5.44. The van der Waals surface area contributed by atoms with E-state index in [-0.39, 0.29) is 0 Å². The fourth-order valence-corrected chi connectivity index (χ4v) is 1.93. The molecule has 0 bridgehead atoms. The molecule has 0 atom stereocenters. The van der Waals surface area contributed by atoms with E-state index in [0.29, 0.717) is 11.8 Å². The van der Waals surface area contributed by atoms with Gasteiger partial charge in [0.2, 0.25) is 5.95 Å². The highest BCUT2D eigenvalue weighted by molar-refractivity contribution is 9.10. The van der Waals surface area contributed by atoms with Crippen molar-refractivity contribution in [2.24, 2.45) is 5.84 Å². The fraction of sp³-hybridized carbons (Fsp3) is 0.167. The van der Waals surface area contributed by atoms with Crippen LogP contribution in [0.25, 0.3) is 0 Å². The molecule has 1 heterocycles. The minimum atomic E-state index is 0.394. The number of nitrogens with two attached hydrogens (primary N) is 1. The lowest BCUT2D eigenvalue weighted by Crippen LogP contribution is -2.12. The van der Waals surface area contributed by atoms with Crippen molar-refractivity contribution < 1.29 is 0 Å². The Morgan fingerprint density at radius 2 is 1.94 bits per heavy atom. The van der Waals surface area contributed by atoms with Crippen molar-refractivity contribution in [3.8, 4) is 0 Å². The zero-order valence-corrected chi connectivity index (χ0v) is 11.7. The number of benzene rings is 1. The first-order valence-corrected chi connectivity index (χ1v) is 6.23. The molecule has 0 unspecified atom stereocenters. The van der Waals surface area contributed by atoms with E-state index in [1.807, 2.05) is 38.1 Å². The molecule has 5 nitrogen and oxygen atoms in total. The Morgan fingerprint density at radius 3 is 2.67 bits per heavy atom. The second kappa shape index (κ2) is 5.32. The molecule has 0 aliphatic rings. The number of hydrogen-bond donors (Lipinski definition) is 3. The Bertz CT molecular complexity index is 570. The molecule has 1 aromatic carbocycles. The number of nitrogens with zero attached hydrogens (tertiary/aromatic N) is 2. The molecular formula is C12H14BrN5. The van der Waals surface area contributed by atoms with Crippen LogP contribution in [0.4, 0.5) is 17.5 Å². The van der Waals surface area contributed by atoms with Gasteiger partial charge in [0, 0.05) is 21.9 Å². The first-order chi connectivity index (χ1) is 8.58. The molecule has 0 saturated carbocycles. The van der Waals surface area contributed by atoms with E-state index < -0.39 is 0 Å². The highest BCUT2D eigenvalue weighted by Gasteiger charge is 2.04. The third-order valence-corrected chi connectivity index (χ3v) is 2.94. The summed E-state index contributed by atoms with van der Waals surface area (Å²) in [5.41, 5.74) is 5.42. The number of aryl methyl sites for hydroxylation is 2. The molecule has 0 amide bonds. The van der Waals surface area contributed by atoms with Crippen molar-refractivity contribution in [2.45, 2.75) is 13.8 Å². The monoisotopic (exact) mass is 307 g/mol. The van der Waals surface area contributed by atoms with Crippen molar-refractivity contribution in [3.63, 3.8) is 0 Å². The molecule has 0 aliphatic heterocycles. The molecule has 2 aromatic rings. The maximum Gasteiger partial charge on any atom is 0.239 e. The Labute approximate surface area is 114 Å². The van der Waals surface area contributed by atoms with Gasteiger partial charge in [-0.15, -0.1) is 0 Å². The van der Waals surface area contributed by atoms with Crippen LogP contribution >= 0.6 is 15.9 Å². The van der Waals surface area contributed by atoms with E-state index in [2.05, 4.69) is 36.6 Å². The van der Waals surface area contributed by atoms with Crippen LogP contribution in [0.5, 0.6) is 0 Å². The normalized spacial score (nSPS) is 10.2. The smallest absolute Gasteiger partial charge is 0.239 e. The number of hydrogen-bond acceptors (Lipinski definition) is 5. The predicted molar refractivity (Wildman–Crippen MR) is 76.7 cm³/mol. The van der Waals surface area contributed by atoms with Crippen molar-refractivity contribution in [2.75, 3.05) is 10.7 Å². The number of nitrogen functional groups attached to an aromatic ring is 1. The SMILES string of the molecule is Cc1cc(Nc2cc(Br)ccc2C)nc(NN)n1. The van der Waals surface area contributed by atoms with Gasteiger partial charge >= 0.3 is 0 Å². The summed E-state index contributed by atoms with van der Waals surface area (Å²) in [6, 6.07) is 7.89. The van der Waals surface area contributed by atoms with Crippen molar-refractivity contribution in [3.05, 3.63) is 40.0 Å². The average molecular weight is 308 g/mol. The summed E-state index contributed by atoms with van der Waals surface area (Å²) in [6.07, 6.45) is 0. The number of rotatable bonds is 3. The topological polar surface area (TPSA) is 75.9 Å². The highest BCUT2D eigenvalue weighted by atomic mass is 79.9. The average Bonchev–Trinajstić information content (AvgIpc) is 2.33. The highest BCUT2D eigenvalue weighted by Crippen LogP contribution is 2.24. The van der Waals surface area contributed by atoms with Gasteiger partial charge in [0.15, 0.2) is 0 Å². The summed E-state index contributed by atoms with van der Waals surface area (Å²) in [5, 5.41) is 3.25.